The van der Waals surface area contributed by atoms with Crippen LogP contribution in [-0.4, -0.2) is 35.5 Å². The molecule has 0 aromatic carbocycles. The summed E-state index contributed by atoms with van der Waals surface area (Å²) in [5.41, 5.74) is 0. The second-order valence-electron chi connectivity index (χ2n) is 3.43. The molecule has 2 rings (SSSR count). The van der Waals surface area contributed by atoms with Gasteiger partial charge in [-0.25, -0.2) is 4.79 Å². The zero-order chi connectivity index (χ0) is 8.72. The molecule has 4 nitrogen and oxygen atoms in total. The maximum Gasteiger partial charge on any atom is 0.410 e. The quantitative estimate of drug-likeness (QED) is 0.532. The van der Waals surface area contributed by atoms with E-state index >= 15 is 0 Å². The summed E-state index contributed by atoms with van der Waals surface area (Å²) in [6.07, 6.45) is 0.682. The molecule has 0 aliphatic carbocycles. The van der Waals surface area contributed by atoms with Crippen LogP contribution in [0.5, 0.6) is 0 Å². The van der Waals surface area contributed by atoms with Crippen LogP contribution < -0.4 is 0 Å². The smallest absolute Gasteiger partial charge is 0.410 e. The lowest BCUT2D eigenvalue weighted by molar-refractivity contribution is -0.123. The summed E-state index contributed by atoms with van der Waals surface area (Å²) in [4.78, 5) is 23.9. The zero-order valence-electron chi connectivity index (χ0n) is 6.95. The maximum absolute atomic E-state index is 11.1. The summed E-state index contributed by atoms with van der Waals surface area (Å²) >= 11 is 0. The van der Waals surface area contributed by atoms with E-state index in [9.17, 15) is 9.59 Å². The van der Waals surface area contributed by atoms with Crippen molar-refractivity contribution in [1.29, 1.82) is 0 Å². The minimum Gasteiger partial charge on any atom is -0.447 e. The molecule has 2 fully saturated rings. The molecule has 2 saturated heterocycles. The summed E-state index contributed by atoms with van der Waals surface area (Å²) < 4.78 is 4.85. The number of fused-ring (bicyclic) bond motifs is 1. The van der Waals surface area contributed by atoms with Gasteiger partial charge in [0, 0.05) is 18.9 Å². The Hall–Kier alpha value is -1.06. The first-order valence-corrected chi connectivity index (χ1v) is 4.15. The molecule has 0 radical (unpaired) electrons. The summed E-state index contributed by atoms with van der Waals surface area (Å²) in [5, 5.41) is 0. The molecule has 0 saturated carbocycles. The lowest BCUT2D eigenvalue weighted by atomic mass is 9.97. The third kappa shape index (κ3) is 0.983. The Morgan fingerprint density at radius 3 is 2.92 bits per heavy atom. The Balaban J connectivity index is 2.19. The van der Waals surface area contributed by atoms with Gasteiger partial charge in [0.1, 0.15) is 12.4 Å². The van der Waals surface area contributed by atoms with Crippen molar-refractivity contribution in [2.24, 2.45) is 0 Å². The average Bonchev–Trinajstić information content (AvgIpc) is 2.31. The summed E-state index contributed by atoms with van der Waals surface area (Å²) in [6, 6.07) is 0.0278. The number of amides is 1. The normalized spacial score (nSPS) is 34.9. The predicted molar refractivity (Wildman–Crippen MR) is 40.7 cm³/mol. The molecule has 0 bridgehead atoms. The van der Waals surface area contributed by atoms with Crippen molar-refractivity contribution < 1.29 is 14.3 Å². The molecule has 0 aromatic heterocycles. The Morgan fingerprint density at radius 2 is 2.17 bits per heavy atom. The molecule has 0 N–H and O–H groups in total. The van der Waals surface area contributed by atoms with E-state index in [1.165, 1.54) is 0 Å². The molecule has 2 heterocycles. The number of rotatable bonds is 0. The van der Waals surface area contributed by atoms with Crippen LogP contribution in [0.2, 0.25) is 0 Å². The number of ketones is 1. The van der Waals surface area contributed by atoms with Crippen LogP contribution in [0.4, 0.5) is 4.79 Å². The van der Waals surface area contributed by atoms with Crippen LogP contribution in [-0.2, 0) is 9.53 Å². The van der Waals surface area contributed by atoms with Crippen molar-refractivity contribution >= 4 is 11.9 Å². The number of nitrogens with zero attached hydrogens (tertiary/aromatic N) is 1. The van der Waals surface area contributed by atoms with Gasteiger partial charge < -0.3 is 4.74 Å². The molecule has 2 atom stereocenters. The number of ether oxygens (including phenoxy) is 1. The summed E-state index contributed by atoms with van der Waals surface area (Å²) in [7, 11) is 0. The van der Waals surface area contributed by atoms with E-state index in [2.05, 4.69) is 0 Å². The van der Waals surface area contributed by atoms with Crippen LogP contribution >= 0.6 is 0 Å². The third-order valence-corrected chi connectivity index (χ3v) is 2.46. The van der Waals surface area contributed by atoms with Gasteiger partial charge in [0.05, 0.1) is 6.04 Å². The zero-order valence-corrected chi connectivity index (χ0v) is 6.95. The van der Waals surface area contributed by atoms with E-state index in [0.29, 0.717) is 19.4 Å². The Kier molecular flexibility index (Phi) is 1.56. The molecule has 0 unspecified atom stereocenters. The molecule has 0 aromatic rings. The Bertz CT molecular complexity index is 238. The minimum atomic E-state index is -0.264. The highest BCUT2D eigenvalue weighted by molar-refractivity contribution is 5.83. The van der Waals surface area contributed by atoms with Crippen molar-refractivity contribution in [2.75, 3.05) is 6.61 Å². The number of Topliss-reactive ketones (excluding diaryl/α,β-unsaturated/α-hetero) is 1. The van der Waals surface area contributed by atoms with Crippen LogP contribution in [0, 0.1) is 0 Å². The standard InChI is InChI=1S/C8H11NO3/c1-5-2-7(10)3-6-4-12-8(11)9(5)6/h5-6H,2-4H2,1H3/t5-,6+/m0/s1. The monoisotopic (exact) mass is 169 g/mol. The van der Waals surface area contributed by atoms with E-state index in [1.807, 2.05) is 6.92 Å². The van der Waals surface area contributed by atoms with Crippen molar-refractivity contribution in [3.8, 4) is 0 Å². The molecule has 12 heavy (non-hydrogen) atoms. The van der Waals surface area contributed by atoms with Gasteiger partial charge in [-0.05, 0) is 6.92 Å². The van der Waals surface area contributed by atoms with Crippen molar-refractivity contribution in [3.05, 3.63) is 0 Å². The topological polar surface area (TPSA) is 46.6 Å². The summed E-state index contributed by atoms with van der Waals surface area (Å²) in [5.74, 6) is 0.238. The van der Waals surface area contributed by atoms with Gasteiger partial charge in [0.15, 0.2) is 0 Å². The van der Waals surface area contributed by atoms with E-state index in [0.717, 1.165) is 0 Å². The first-order valence-electron chi connectivity index (χ1n) is 4.15. The number of carbonyl (C=O) groups is 2. The molecule has 0 spiro atoms. The molecule has 2 aliphatic heterocycles. The van der Waals surface area contributed by atoms with Gasteiger partial charge in [-0.1, -0.05) is 0 Å². The van der Waals surface area contributed by atoms with Crippen molar-refractivity contribution in [2.45, 2.75) is 31.8 Å². The van der Waals surface area contributed by atoms with Crippen LogP contribution in [0.3, 0.4) is 0 Å². The summed E-state index contributed by atoms with van der Waals surface area (Å²) in [6.45, 7) is 2.27. The number of piperidine rings is 1. The molecule has 2 aliphatic rings. The lowest BCUT2D eigenvalue weighted by Crippen LogP contribution is -2.46. The highest BCUT2D eigenvalue weighted by Gasteiger charge is 2.41. The van der Waals surface area contributed by atoms with Crippen LogP contribution in [0.1, 0.15) is 19.8 Å². The van der Waals surface area contributed by atoms with Gasteiger partial charge in [-0.15, -0.1) is 0 Å². The average molecular weight is 169 g/mol. The highest BCUT2D eigenvalue weighted by Crippen LogP contribution is 2.25. The first-order chi connectivity index (χ1) is 5.68. The van der Waals surface area contributed by atoms with E-state index in [-0.39, 0.29) is 24.0 Å². The van der Waals surface area contributed by atoms with Gasteiger partial charge in [-0.3, -0.25) is 9.69 Å². The molecule has 1 amide bonds. The maximum atomic E-state index is 11.1. The first kappa shape index (κ1) is 7.58. The second-order valence-corrected chi connectivity index (χ2v) is 3.43. The SMILES string of the molecule is C[C@H]1CC(=O)C[C@@H]2COC(=O)N21. The number of cyclic esters (lactones) is 1. The lowest BCUT2D eigenvalue weighted by Gasteiger charge is -2.31. The van der Waals surface area contributed by atoms with Gasteiger partial charge in [-0.2, -0.15) is 0 Å². The van der Waals surface area contributed by atoms with Gasteiger partial charge in [0.2, 0.25) is 0 Å². The Labute approximate surface area is 70.5 Å². The molecule has 4 heteroatoms. The van der Waals surface area contributed by atoms with E-state index in [1.54, 1.807) is 4.90 Å². The number of hydrogen-bond donors (Lipinski definition) is 0. The fourth-order valence-corrected chi connectivity index (χ4v) is 1.94. The van der Waals surface area contributed by atoms with Crippen molar-refractivity contribution in [3.63, 3.8) is 0 Å². The van der Waals surface area contributed by atoms with Gasteiger partial charge >= 0.3 is 6.09 Å². The van der Waals surface area contributed by atoms with Crippen LogP contribution in [0.25, 0.3) is 0 Å². The molecule has 66 valence electrons. The molecular weight excluding hydrogens is 158 g/mol. The largest absolute Gasteiger partial charge is 0.447 e. The number of carbonyl (C=O) groups excluding carboxylic acids is 2. The van der Waals surface area contributed by atoms with Gasteiger partial charge in [0.25, 0.3) is 0 Å². The fraction of sp³-hybridized carbons (Fsp3) is 0.750. The third-order valence-electron chi connectivity index (χ3n) is 2.46. The van der Waals surface area contributed by atoms with E-state index in [4.69, 9.17) is 4.74 Å². The second kappa shape index (κ2) is 2.47. The highest BCUT2D eigenvalue weighted by atomic mass is 16.6. The van der Waals surface area contributed by atoms with E-state index < -0.39 is 0 Å². The number of hydrogen-bond acceptors (Lipinski definition) is 3. The fourth-order valence-electron chi connectivity index (χ4n) is 1.94. The minimum absolute atomic E-state index is 0.00810. The van der Waals surface area contributed by atoms with Crippen molar-refractivity contribution in [1.82, 2.24) is 4.90 Å². The predicted octanol–water partition coefficient (Wildman–Crippen LogP) is 0.559. The molecular formula is C8H11NO3. The Morgan fingerprint density at radius 1 is 1.42 bits per heavy atom. The van der Waals surface area contributed by atoms with Crippen LogP contribution in [0.15, 0.2) is 0 Å².